The first kappa shape index (κ1) is 13.0. The second-order valence-corrected chi connectivity index (χ2v) is 4.96. The normalized spacial score (nSPS) is 24.9. The van der Waals surface area contributed by atoms with E-state index in [4.69, 9.17) is 0 Å². The molecule has 106 valence electrons. The van der Waals surface area contributed by atoms with E-state index in [-0.39, 0.29) is 18.0 Å². The number of hydrogen-bond donors (Lipinski definition) is 0. The maximum absolute atomic E-state index is 12.8. The first-order valence-electron chi connectivity index (χ1n) is 6.07. The van der Waals surface area contributed by atoms with Crippen LogP contribution in [0, 0.1) is 0 Å². The first-order chi connectivity index (χ1) is 9.32. The van der Waals surface area contributed by atoms with Crippen molar-refractivity contribution < 1.29 is 22.8 Å². The Labute approximate surface area is 112 Å². The van der Waals surface area contributed by atoms with Gasteiger partial charge in [0.15, 0.2) is 0 Å². The monoisotopic (exact) mass is 284 g/mol. The smallest absolute Gasteiger partial charge is 0.324 e. The Morgan fingerprint density at radius 2 is 1.95 bits per heavy atom. The van der Waals surface area contributed by atoms with Gasteiger partial charge in [0, 0.05) is 25.1 Å². The van der Waals surface area contributed by atoms with Gasteiger partial charge in [-0.2, -0.15) is 13.2 Å². The van der Waals surface area contributed by atoms with Crippen molar-refractivity contribution in [1.29, 1.82) is 0 Å². The van der Waals surface area contributed by atoms with Crippen LogP contribution in [0.15, 0.2) is 24.3 Å². The summed E-state index contributed by atoms with van der Waals surface area (Å²) in [6.07, 6.45) is -5.72. The third kappa shape index (κ3) is 1.62. The molecule has 2 amide bonds. The number of nitrogens with zero attached hydrogens (tertiary/aromatic N) is 2. The SMILES string of the molecule is CN1C(=O)CC2c3ccccc3N(C(=O)C(F)(F)F)C21. The Hall–Kier alpha value is -2.05. The van der Waals surface area contributed by atoms with Gasteiger partial charge < -0.3 is 4.90 Å². The van der Waals surface area contributed by atoms with Crippen molar-refractivity contribution in [3.63, 3.8) is 0 Å². The van der Waals surface area contributed by atoms with E-state index in [1.54, 1.807) is 18.2 Å². The number of hydrogen-bond acceptors (Lipinski definition) is 2. The average molecular weight is 284 g/mol. The topological polar surface area (TPSA) is 40.6 Å². The van der Waals surface area contributed by atoms with Gasteiger partial charge in [-0.15, -0.1) is 0 Å². The van der Waals surface area contributed by atoms with Crippen LogP contribution in [0.4, 0.5) is 18.9 Å². The molecule has 0 saturated carbocycles. The molecule has 3 rings (SSSR count). The largest absolute Gasteiger partial charge is 0.471 e. The second-order valence-electron chi connectivity index (χ2n) is 4.96. The summed E-state index contributed by atoms with van der Waals surface area (Å²) in [6.45, 7) is 0. The Morgan fingerprint density at radius 3 is 2.60 bits per heavy atom. The van der Waals surface area contributed by atoms with E-state index in [0.717, 1.165) is 0 Å². The van der Waals surface area contributed by atoms with Crippen molar-refractivity contribution in [3.8, 4) is 0 Å². The second kappa shape index (κ2) is 3.97. The van der Waals surface area contributed by atoms with Gasteiger partial charge in [0.25, 0.3) is 0 Å². The summed E-state index contributed by atoms with van der Waals surface area (Å²) in [5.41, 5.74) is 0.858. The van der Waals surface area contributed by atoms with Crippen LogP contribution >= 0.6 is 0 Å². The van der Waals surface area contributed by atoms with E-state index >= 15 is 0 Å². The molecule has 1 fully saturated rings. The van der Waals surface area contributed by atoms with E-state index in [1.165, 1.54) is 18.0 Å². The lowest BCUT2D eigenvalue weighted by atomic mass is 9.98. The average Bonchev–Trinajstić information content (AvgIpc) is 2.84. The first-order valence-corrected chi connectivity index (χ1v) is 6.07. The number of benzene rings is 1. The fourth-order valence-corrected chi connectivity index (χ4v) is 3.01. The third-order valence-electron chi connectivity index (χ3n) is 3.87. The molecule has 2 aliphatic heterocycles. The summed E-state index contributed by atoms with van der Waals surface area (Å²) in [5, 5.41) is 0. The Bertz CT molecular complexity index is 600. The van der Waals surface area contributed by atoms with Crippen molar-refractivity contribution >= 4 is 17.5 Å². The van der Waals surface area contributed by atoms with Crippen LogP contribution in [0.25, 0.3) is 0 Å². The van der Waals surface area contributed by atoms with Crippen molar-refractivity contribution in [2.24, 2.45) is 0 Å². The predicted molar refractivity (Wildman–Crippen MR) is 63.9 cm³/mol. The zero-order chi connectivity index (χ0) is 14.7. The molecule has 0 aromatic heterocycles. The summed E-state index contributed by atoms with van der Waals surface area (Å²) < 4.78 is 38.3. The van der Waals surface area contributed by atoms with Crippen LogP contribution in [-0.4, -0.2) is 36.1 Å². The molecule has 2 unspecified atom stereocenters. The highest BCUT2D eigenvalue weighted by Gasteiger charge is 2.55. The number of rotatable bonds is 0. The maximum Gasteiger partial charge on any atom is 0.471 e. The Kier molecular flexibility index (Phi) is 2.57. The minimum atomic E-state index is -4.96. The number of amides is 2. The van der Waals surface area contributed by atoms with E-state index < -0.39 is 24.2 Å². The lowest BCUT2D eigenvalue weighted by Crippen LogP contribution is -2.51. The molecule has 0 N–H and O–H groups in total. The van der Waals surface area contributed by atoms with Gasteiger partial charge in [-0.1, -0.05) is 18.2 Å². The van der Waals surface area contributed by atoms with E-state index in [0.29, 0.717) is 10.5 Å². The van der Waals surface area contributed by atoms with Crippen LogP contribution in [-0.2, 0) is 9.59 Å². The molecule has 0 bridgehead atoms. The number of carbonyl (C=O) groups excluding carboxylic acids is 2. The van der Waals surface area contributed by atoms with Crippen LogP contribution in [0.3, 0.4) is 0 Å². The molecule has 2 atom stereocenters. The lowest BCUT2D eigenvalue weighted by molar-refractivity contribution is -0.171. The van der Waals surface area contributed by atoms with Crippen LogP contribution in [0.1, 0.15) is 17.9 Å². The predicted octanol–water partition coefficient (Wildman–Crippen LogP) is 1.87. The minimum absolute atomic E-state index is 0.125. The molecule has 0 aliphatic carbocycles. The summed E-state index contributed by atoms with van der Waals surface area (Å²) in [4.78, 5) is 25.3. The number of alkyl halides is 3. The van der Waals surface area contributed by atoms with Crippen molar-refractivity contribution in [3.05, 3.63) is 29.8 Å². The van der Waals surface area contributed by atoms with E-state index in [2.05, 4.69) is 0 Å². The molecule has 1 aromatic carbocycles. The molecular formula is C13H11F3N2O2. The quantitative estimate of drug-likeness (QED) is 0.729. The number of carbonyl (C=O) groups is 2. The molecule has 1 saturated heterocycles. The number of para-hydroxylation sites is 1. The fourth-order valence-electron chi connectivity index (χ4n) is 3.01. The van der Waals surface area contributed by atoms with Gasteiger partial charge in [-0.05, 0) is 11.6 Å². The standard InChI is InChI=1S/C13H11F3N2O2/c1-17-10(19)6-8-7-4-2-3-5-9(7)18(11(8)17)12(20)13(14,15)16/h2-5,8,11H,6H2,1H3. The fraction of sp³-hybridized carbons (Fsp3) is 0.385. The van der Waals surface area contributed by atoms with Crippen molar-refractivity contribution in [2.75, 3.05) is 11.9 Å². The highest BCUT2D eigenvalue weighted by atomic mass is 19.4. The third-order valence-corrected chi connectivity index (χ3v) is 3.87. The molecular weight excluding hydrogens is 273 g/mol. The van der Waals surface area contributed by atoms with Gasteiger partial charge in [0.2, 0.25) is 5.91 Å². The number of likely N-dealkylation sites (tertiary alicyclic amines) is 1. The molecule has 7 heteroatoms. The maximum atomic E-state index is 12.8. The highest BCUT2D eigenvalue weighted by molar-refractivity contribution is 6.02. The van der Waals surface area contributed by atoms with Crippen LogP contribution in [0.5, 0.6) is 0 Å². The Balaban J connectivity index is 2.12. The molecule has 2 aliphatic rings. The van der Waals surface area contributed by atoms with Gasteiger partial charge in [-0.3, -0.25) is 14.5 Å². The van der Waals surface area contributed by atoms with Gasteiger partial charge in [0.05, 0.1) is 0 Å². The number of fused-ring (bicyclic) bond motifs is 3. The van der Waals surface area contributed by atoms with Crippen molar-refractivity contribution in [2.45, 2.75) is 24.7 Å². The summed E-state index contributed by atoms with van der Waals surface area (Å²) in [6, 6.07) is 6.43. The summed E-state index contributed by atoms with van der Waals surface area (Å²) >= 11 is 0. The summed E-state index contributed by atoms with van der Waals surface area (Å²) in [5.74, 6) is -2.58. The molecule has 20 heavy (non-hydrogen) atoms. The summed E-state index contributed by atoms with van der Waals surface area (Å²) in [7, 11) is 1.43. The van der Waals surface area contributed by atoms with Gasteiger partial charge >= 0.3 is 12.1 Å². The van der Waals surface area contributed by atoms with Crippen LogP contribution in [0.2, 0.25) is 0 Å². The molecule has 4 nitrogen and oxygen atoms in total. The van der Waals surface area contributed by atoms with Gasteiger partial charge in [0.1, 0.15) is 6.17 Å². The van der Waals surface area contributed by atoms with Gasteiger partial charge in [-0.25, -0.2) is 0 Å². The highest BCUT2D eigenvalue weighted by Crippen LogP contribution is 2.48. The molecule has 0 spiro atoms. The Morgan fingerprint density at radius 1 is 1.30 bits per heavy atom. The minimum Gasteiger partial charge on any atom is -0.324 e. The number of halogens is 3. The molecule has 1 aromatic rings. The zero-order valence-corrected chi connectivity index (χ0v) is 10.5. The molecule has 2 heterocycles. The zero-order valence-electron chi connectivity index (χ0n) is 10.5. The van der Waals surface area contributed by atoms with E-state index in [9.17, 15) is 22.8 Å². The van der Waals surface area contributed by atoms with Crippen LogP contribution < -0.4 is 4.90 Å². The lowest BCUT2D eigenvalue weighted by Gasteiger charge is -2.30. The van der Waals surface area contributed by atoms with Crippen molar-refractivity contribution in [1.82, 2.24) is 4.90 Å². The van der Waals surface area contributed by atoms with E-state index in [1.807, 2.05) is 0 Å². The number of likely N-dealkylation sites (N-methyl/N-ethyl adjacent to an activating group) is 1. The number of anilines is 1. The molecule has 0 radical (unpaired) electrons.